The van der Waals surface area contributed by atoms with Crippen molar-refractivity contribution in [2.75, 3.05) is 26.7 Å². The summed E-state index contributed by atoms with van der Waals surface area (Å²) in [6.07, 6.45) is 0.985. The molecule has 92 valence electrons. The Labute approximate surface area is 98.4 Å². The first kappa shape index (κ1) is 11.7. The molecule has 0 aliphatic carbocycles. The molecular formula is C11H14N2O4. The van der Waals surface area contributed by atoms with Crippen LogP contribution < -0.4 is 0 Å². The number of furan rings is 1. The van der Waals surface area contributed by atoms with Gasteiger partial charge in [0.05, 0.1) is 18.9 Å². The Bertz CT molecular complexity index is 409. The molecule has 1 N–H and O–H groups in total. The summed E-state index contributed by atoms with van der Waals surface area (Å²) in [7, 11) is 1.54. The number of likely N-dealkylation sites (N-methyl/N-ethyl adjacent to an activating group) is 1. The van der Waals surface area contributed by atoms with Crippen molar-refractivity contribution in [2.24, 2.45) is 0 Å². The highest BCUT2D eigenvalue weighted by Crippen LogP contribution is 2.09. The Morgan fingerprint density at radius 3 is 2.82 bits per heavy atom. The number of amides is 2. The van der Waals surface area contributed by atoms with Crippen LogP contribution in [0.5, 0.6) is 0 Å². The van der Waals surface area contributed by atoms with Crippen LogP contribution in [0, 0.1) is 0 Å². The van der Waals surface area contributed by atoms with E-state index in [1.54, 1.807) is 19.2 Å². The summed E-state index contributed by atoms with van der Waals surface area (Å²) in [5.74, 6) is -0.286. The zero-order valence-corrected chi connectivity index (χ0v) is 9.50. The molecule has 2 amide bonds. The first-order valence-corrected chi connectivity index (χ1v) is 5.32. The number of likely N-dealkylation sites (tertiary alicyclic amines) is 1. The number of aliphatic hydroxyl groups is 1. The van der Waals surface area contributed by atoms with Crippen LogP contribution in [-0.4, -0.2) is 59.5 Å². The second-order valence-corrected chi connectivity index (χ2v) is 4.09. The topological polar surface area (TPSA) is 74.0 Å². The van der Waals surface area contributed by atoms with Crippen molar-refractivity contribution in [3.05, 3.63) is 24.2 Å². The lowest BCUT2D eigenvalue weighted by Crippen LogP contribution is -2.56. The van der Waals surface area contributed by atoms with Crippen LogP contribution in [0.4, 0.5) is 0 Å². The molecule has 0 saturated carbocycles. The molecule has 17 heavy (non-hydrogen) atoms. The molecule has 1 fully saturated rings. The van der Waals surface area contributed by atoms with Gasteiger partial charge >= 0.3 is 0 Å². The molecule has 0 atom stereocenters. The van der Waals surface area contributed by atoms with Crippen LogP contribution in [-0.2, 0) is 4.79 Å². The van der Waals surface area contributed by atoms with Gasteiger partial charge in [0.2, 0.25) is 5.91 Å². The number of hydrogen-bond donors (Lipinski definition) is 1. The van der Waals surface area contributed by atoms with Crippen molar-refractivity contribution in [3.63, 3.8) is 0 Å². The fourth-order valence-corrected chi connectivity index (χ4v) is 1.62. The molecule has 1 saturated heterocycles. The molecule has 6 nitrogen and oxygen atoms in total. The lowest BCUT2D eigenvalue weighted by atomic mass is 10.1. The highest BCUT2D eigenvalue weighted by molar-refractivity contribution is 5.94. The second kappa shape index (κ2) is 4.58. The molecule has 1 aromatic rings. The Balaban J connectivity index is 1.86. The van der Waals surface area contributed by atoms with Crippen LogP contribution >= 0.6 is 0 Å². The Hall–Kier alpha value is -1.82. The molecule has 0 unspecified atom stereocenters. The Kier molecular flexibility index (Phi) is 3.14. The van der Waals surface area contributed by atoms with E-state index in [1.165, 1.54) is 16.1 Å². The number of β-amino-alcohol motifs (C(OH)–C–C–N with tert-alkyl or cyclic N) is 1. The molecule has 6 heteroatoms. The van der Waals surface area contributed by atoms with Gasteiger partial charge < -0.3 is 19.3 Å². The zero-order chi connectivity index (χ0) is 12.4. The maximum Gasteiger partial charge on any atom is 0.289 e. The fraction of sp³-hybridized carbons (Fsp3) is 0.455. The minimum absolute atomic E-state index is 0.00769. The van der Waals surface area contributed by atoms with E-state index in [0.29, 0.717) is 13.1 Å². The zero-order valence-electron chi connectivity index (χ0n) is 9.50. The minimum atomic E-state index is -0.426. The summed E-state index contributed by atoms with van der Waals surface area (Å²) in [5, 5.41) is 9.07. The summed E-state index contributed by atoms with van der Waals surface area (Å²) in [6.45, 7) is 0.690. The van der Waals surface area contributed by atoms with Crippen molar-refractivity contribution in [2.45, 2.75) is 6.10 Å². The Morgan fingerprint density at radius 2 is 2.29 bits per heavy atom. The molecule has 1 aliphatic heterocycles. The number of aliphatic hydroxyl groups excluding tert-OH is 1. The largest absolute Gasteiger partial charge is 0.459 e. The number of rotatable bonds is 3. The van der Waals surface area contributed by atoms with E-state index in [4.69, 9.17) is 9.52 Å². The van der Waals surface area contributed by atoms with E-state index >= 15 is 0 Å². The van der Waals surface area contributed by atoms with E-state index < -0.39 is 6.10 Å². The first-order chi connectivity index (χ1) is 8.08. The number of carbonyl (C=O) groups is 2. The Morgan fingerprint density at radius 1 is 1.59 bits per heavy atom. The van der Waals surface area contributed by atoms with Crippen molar-refractivity contribution in [3.8, 4) is 0 Å². The van der Waals surface area contributed by atoms with Crippen molar-refractivity contribution in [1.29, 1.82) is 0 Å². The third kappa shape index (κ3) is 2.47. The summed E-state index contributed by atoms with van der Waals surface area (Å²) < 4.78 is 4.96. The van der Waals surface area contributed by atoms with Gasteiger partial charge in [0, 0.05) is 20.1 Å². The second-order valence-electron chi connectivity index (χ2n) is 4.09. The van der Waals surface area contributed by atoms with Crippen LogP contribution in [0.3, 0.4) is 0 Å². The molecule has 2 heterocycles. The van der Waals surface area contributed by atoms with Crippen molar-refractivity contribution in [1.82, 2.24) is 9.80 Å². The number of carbonyl (C=O) groups excluding carboxylic acids is 2. The smallest absolute Gasteiger partial charge is 0.289 e. The highest BCUT2D eigenvalue weighted by Gasteiger charge is 2.30. The lowest BCUT2D eigenvalue weighted by Gasteiger charge is -2.36. The fourth-order valence-electron chi connectivity index (χ4n) is 1.62. The minimum Gasteiger partial charge on any atom is -0.459 e. The maximum absolute atomic E-state index is 11.7. The van der Waals surface area contributed by atoms with Gasteiger partial charge in [-0.2, -0.15) is 0 Å². The molecule has 0 radical (unpaired) electrons. The molecule has 0 aromatic carbocycles. The number of hydrogen-bond acceptors (Lipinski definition) is 4. The van der Waals surface area contributed by atoms with E-state index in [-0.39, 0.29) is 24.1 Å². The SMILES string of the molecule is CN(CC(=O)N1CC(O)C1)C(=O)c1ccco1. The third-order valence-electron chi connectivity index (χ3n) is 2.67. The monoisotopic (exact) mass is 238 g/mol. The predicted octanol–water partition coefficient (Wildman–Crippen LogP) is -0.445. The van der Waals surface area contributed by atoms with Gasteiger partial charge in [-0.25, -0.2) is 0 Å². The van der Waals surface area contributed by atoms with Crippen molar-refractivity contribution < 1.29 is 19.1 Å². The lowest BCUT2D eigenvalue weighted by molar-refractivity contribution is -0.141. The van der Waals surface area contributed by atoms with Gasteiger partial charge in [-0.1, -0.05) is 0 Å². The predicted molar refractivity (Wildman–Crippen MR) is 58.3 cm³/mol. The van der Waals surface area contributed by atoms with E-state index in [9.17, 15) is 9.59 Å². The quantitative estimate of drug-likeness (QED) is 0.774. The van der Waals surface area contributed by atoms with Gasteiger partial charge in [0.15, 0.2) is 5.76 Å². The highest BCUT2D eigenvalue weighted by atomic mass is 16.3. The molecule has 1 aromatic heterocycles. The van der Waals surface area contributed by atoms with Crippen LogP contribution in [0.1, 0.15) is 10.6 Å². The maximum atomic E-state index is 11.7. The van der Waals surface area contributed by atoms with Gasteiger partial charge in [-0.3, -0.25) is 9.59 Å². The summed E-state index contributed by atoms with van der Waals surface area (Å²) in [6, 6.07) is 3.17. The molecular weight excluding hydrogens is 224 g/mol. The van der Waals surface area contributed by atoms with Crippen LogP contribution in [0.15, 0.2) is 22.8 Å². The first-order valence-electron chi connectivity index (χ1n) is 5.32. The van der Waals surface area contributed by atoms with Gasteiger partial charge in [0.25, 0.3) is 5.91 Å². The van der Waals surface area contributed by atoms with Gasteiger partial charge in [-0.15, -0.1) is 0 Å². The van der Waals surface area contributed by atoms with Gasteiger partial charge in [0.1, 0.15) is 0 Å². The standard InChI is InChI=1S/C11H14N2O4/c1-12(11(16)9-3-2-4-17-9)7-10(15)13-5-8(14)6-13/h2-4,8,14H,5-7H2,1H3. The van der Waals surface area contributed by atoms with E-state index in [0.717, 1.165) is 0 Å². The van der Waals surface area contributed by atoms with E-state index in [2.05, 4.69) is 0 Å². The van der Waals surface area contributed by atoms with Crippen molar-refractivity contribution >= 4 is 11.8 Å². The third-order valence-corrected chi connectivity index (χ3v) is 2.67. The summed E-state index contributed by atoms with van der Waals surface area (Å²) in [5.41, 5.74) is 0. The van der Waals surface area contributed by atoms with E-state index in [1.807, 2.05) is 0 Å². The van der Waals surface area contributed by atoms with Gasteiger partial charge in [-0.05, 0) is 12.1 Å². The van der Waals surface area contributed by atoms with Crippen LogP contribution in [0.2, 0.25) is 0 Å². The molecule has 1 aliphatic rings. The summed E-state index contributed by atoms with van der Waals surface area (Å²) >= 11 is 0. The molecule has 0 bridgehead atoms. The molecule has 2 rings (SSSR count). The average molecular weight is 238 g/mol. The summed E-state index contributed by atoms with van der Waals surface area (Å²) in [4.78, 5) is 26.2. The van der Waals surface area contributed by atoms with Crippen LogP contribution in [0.25, 0.3) is 0 Å². The average Bonchev–Trinajstić information content (AvgIpc) is 2.76. The molecule has 0 spiro atoms. The number of nitrogens with zero attached hydrogens (tertiary/aromatic N) is 2. The normalized spacial score (nSPS) is 15.5.